The van der Waals surface area contributed by atoms with Gasteiger partial charge in [-0.25, -0.2) is 9.97 Å². The molecule has 0 saturated heterocycles. The number of para-hydroxylation sites is 2. The van der Waals surface area contributed by atoms with Crippen LogP contribution < -0.4 is 30.6 Å². The van der Waals surface area contributed by atoms with Crippen molar-refractivity contribution < 1.29 is 232 Å². The van der Waals surface area contributed by atoms with Crippen LogP contribution in [0.3, 0.4) is 0 Å². The number of rotatable bonds is 8. The van der Waals surface area contributed by atoms with E-state index in [9.17, 15) is 155 Å². The van der Waals surface area contributed by atoms with Crippen LogP contribution in [-0.4, -0.2) is 94.9 Å². The molecule has 14 nitrogen and oxygen atoms in total. The Morgan fingerprint density at radius 3 is 0.766 bits per heavy atom. The number of ketones is 4. The van der Waals surface area contributed by atoms with Crippen LogP contribution in [0.5, 0.6) is 11.5 Å². The van der Waals surface area contributed by atoms with Crippen molar-refractivity contribution in [1.29, 1.82) is 0 Å². The molecule has 0 aliphatic rings. The number of fused-ring (bicyclic) bond motifs is 2. The third-order valence-corrected chi connectivity index (χ3v) is 10.1. The molecule has 0 aliphatic heterocycles. The fourth-order valence-electron chi connectivity index (χ4n) is 4.88. The van der Waals surface area contributed by atoms with E-state index in [4.69, 9.17) is 0 Å². The van der Waals surface area contributed by atoms with Gasteiger partial charge in [0.1, 0.15) is 0 Å². The number of pyridine rings is 2. The maximum atomic E-state index is 11.7. The Bertz CT molecular complexity index is 3370. The van der Waals surface area contributed by atoms with E-state index in [0.717, 1.165) is 31.1 Å². The first-order chi connectivity index (χ1) is 41.6. The topological polar surface area (TPSA) is 257 Å². The second kappa shape index (κ2) is 37.6. The van der Waals surface area contributed by atoms with Crippen LogP contribution >= 0.6 is 31.9 Å². The van der Waals surface area contributed by atoms with Gasteiger partial charge in [0, 0.05) is 8.95 Å². The molecular formula is C52H24Br2F24N4O10Tb2. The number of nitrogens with zero attached hydrogens (tertiary/aromatic N) is 4. The number of aliphatic imine (C=N–C) groups is 2. The fraction of sp³-hybridized carbons (Fsp3) is 0.154. The second-order valence-corrected chi connectivity index (χ2v) is 17.9. The molecule has 0 atom stereocenters. The van der Waals surface area contributed by atoms with E-state index in [1.165, 1.54) is 12.1 Å². The van der Waals surface area contributed by atoms with Gasteiger partial charge in [0.05, 0.1) is 46.2 Å². The summed E-state index contributed by atoms with van der Waals surface area (Å²) >= 11 is 6.76. The summed E-state index contributed by atoms with van der Waals surface area (Å²) in [5.74, 6) is -22.7. The van der Waals surface area contributed by atoms with Gasteiger partial charge in [-0.2, -0.15) is 105 Å². The van der Waals surface area contributed by atoms with E-state index in [-0.39, 0.29) is 88.7 Å². The van der Waals surface area contributed by atoms with E-state index in [2.05, 4.69) is 51.8 Å². The number of aromatic nitrogens is 2. The first-order valence-corrected chi connectivity index (χ1v) is 24.2. The van der Waals surface area contributed by atoms with Crippen molar-refractivity contribution in [3.05, 3.63) is 177 Å². The second-order valence-electron chi connectivity index (χ2n) is 16.1. The average Bonchev–Trinajstić information content (AvgIpc) is 0.833. The molecule has 0 fully saturated rings. The summed E-state index contributed by atoms with van der Waals surface area (Å²) in [6.45, 7) is 0. The molecule has 0 radical (unpaired) electrons. The minimum atomic E-state index is -5.46. The van der Waals surface area contributed by atoms with Gasteiger partial charge in [-0.05, 0) is 119 Å². The SMILES string of the molecule is O=C(/C=C(\[O-])C(F)(F)F)C(F)(F)F.O=C(/C=C(\[O-])C(F)(F)F)C(F)(F)F.O=C(/C=C(\[O-])C(F)(F)F)C(F)(F)F.O=C(/C=C(\[O-])C(F)(F)F)C(F)(F)F.[O-]c1cccc2ccc(C=Nc3ccc(Br)cc3)nc12.[O-]c1cccc2ccc(C=Nc3ccc(Br)cc3)nc12.[Tb+3].[Tb+3]. The Hall–Kier alpha value is -6.67. The van der Waals surface area contributed by atoms with Crippen molar-refractivity contribution in [1.82, 2.24) is 9.97 Å². The van der Waals surface area contributed by atoms with Crippen molar-refractivity contribution in [2.24, 2.45) is 9.98 Å². The molecule has 0 unspecified atom stereocenters. The van der Waals surface area contributed by atoms with Crippen molar-refractivity contribution >= 4 is 101 Å². The molecule has 2 aromatic heterocycles. The van der Waals surface area contributed by atoms with Gasteiger partial charge < -0.3 is 30.6 Å². The van der Waals surface area contributed by atoms with Crippen LogP contribution in [0.15, 0.2) is 175 Å². The summed E-state index contributed by atoms with van der Waals surface area (Å²) in [5, 5.41) is 64.4. The summed E-state index contributed by atoms with van der Waals surface area (Å²) in [6, 6.07) is 33.0. The van der Waals surface area contributed by atoms with E-state index in [1.54, 1.807) is 24.6 Å². The molecule has 0 spiro atoms. The molecule has 0 aliphatic carbocycles. The summed E-state index contributed by atoms with van der Waals surface area (Å²) in [5.41, 5.74) is 3.97. The molecule has 0 amide bonds. The largest absolute Gasteiger partial charge is 3.00 e. The van der Waals surface area contributed by atoms with Crippen molar-refractivity contribution in [3.8, 4) is 11.5 Å². The Morgan fingerprint density at radius 2 is 0.564 bits per heavy atom. The minimum absolute atomic E-state index is 0. The van der Waals surface area contributed by atoms with Gasteiger partial charge in [-0.1, -0.05) is 91.9 Å². The molecule has 0 saturated carbocycles. The van der Waals surface area contributed by atoms with Crippen LogP contribution in [-0.2, 0) is 19.2 Å². The molecule has 4 aromatic carbocycles. The normalized spacial score (nSPS) is 12.8. The Morgan fingerprint density at radius 1 is 0.340 bits per heavy atom. The molecule has 6 aromatic rings. The van der Waals surface area contributed by atoms with Gasteiger partial charge in [0.25, 0.3) is 23.1 Å². The monoisotopic (exact) mass is 1800 g/mol. The number of alkyl halides is 24. The zero-order valence-corrected chi connectivity index (χ0v) is 51.7. The van der Waals surface area contributed by atoms with Gasteiger partial charge in [0.2, 0.25) is 0 Å². The van der Waals surface area contributed by atoms with Crippen LogP contribution in [0, 0.1) is 77.2 Å². The zero-order valence-electron chi connectivity index (χ0n) is 44.2. The molecule has 42 heteroatoms. The van der Waals surface area contributed by atoms with E-state index in [1.807, 2.05) is 84.9 Å². The first-order valence-electron chi connectivity index (χ1n) is 22.7. The first kappa shape index (κ1) is 89.4. The third kappa shape index (κ3) is 34.1. The number of halogens is 26. The van der Waals surface area contributed by atoms with E-state index < -0.39 is 120 Å². The van der Waals surface area contributed by atoms with Crippen LogP contribution in [0.4, 0.5) is 117 Å². The number of allylic oxidation sites excluding steroid dienone is 8. The smallest absolute Gasteiger partial charge is 0.871 e. The number of hydrogen-bond acceptors (Lipinski definition) is 14. The standard InChI is InChI=1S/2C16H11BrN2O.4C5H2F6O2.2Tb/c2*17-12-5-8-13(9-6-12)18-10-14-7-4-11-2-1-3-15(20)16(11)19-14;4*6-4(7,8)2(12)1-3(13)5(9,10)11;;/h2*1-10,20H;4*1,12H;;/q;;;;;;2*+3/p-6/b;;4*2-1-;;. The Balaban J connectivity index is 0. The van der Waals surface area contributed by atoms with Gasteiger partial charge in [0.15, 0.2) is 0 Å². The van der Waals surface area contributed by atoms with E-state index in [0.29, 0.717) is 22.4 Å². The van der Waals surface area contributed by atoms with Crippen LogP contribution in [0.25, 0.3) is 21.8 Å². The Kier molecular flexibility index (Phi) is 35.7. The van der Waals surface area contributed by atoms with Gasteiger partial charge in [-0.15, -0.1) is 0 Å². The molecule has 512 valence electrons. The maximum Gasteiger partial charge on any atom is 3.00 e. The predicted octanol–water partition coefficient (Wildman–Crippen LogP) is 11.3. The average molecular weight is 1800 g/mol. The molecule has 0 bridgehead atoms. The summed E-state index contributed by atoms with van der Waals surface area (Å²) < 4.78 is 273. The fourth-order valence-corrected chi connectivity index (χ4v) is 5.41. The molecule has 0 N–H and O–H groups in total. The number of benzene rings is 4. The Labute approximate surface area is 585 Å². The summed E-state index contributed by atoms with van der Waals surface area (Å²) in [4.78, 5) is 56.6. The number of carbonyl (C=O) groups excluding carboxylic acids is 4. The number of hydrogen-bond donors (Lipinski definition) is 0. The molecular weight excluding hydrogens is 1770 g/mol. The maximum absolute atomic E-state index is 11.7. The zero-order chi connectivity index (χ0) is 71.3. The molecule has 6 rings (SSSR count). The van der Waals surface area contributed by atoms with Gasteiger partial charge >= 0.3 is 127 Å². The predicted molar refractivity (Wildman–Crippen MR) is 266 cm³/mol. The molecule has 2 heterocycles. The molecule has 94 heavy (non-hydrogen) atoms. The van der Waals surface area contributed by atoms with Gasteiger partial charge in [-0.3, -0.25) is 29.2 Å². The van der Waals surface area contributed by atoms with Crippen molar-refractivity contribution in [2.45, 2.75) is 49.4 Å². The summed E-state index contributed by atoms with van der Waals surface area (Å²) in [7, 11) is 0. The van der Waals surface area contributed by atoms with E-state index >= 15 is 0 Å². The van der Waals surface area contributed by atoms with Crippen LogP contribution in [0.1, 0.15) is 11.4 Å². The number of carbonyl (C=O) groups is 4. The van der Waals surface area contributed by atoms with Crippen molar-refractivity contribution in [2.75, 3.05) is 0 Å². The van der Waals surface area contributed by atoms with Crippen LogP contribution in [0.2, 0.25) is 0 Å². The minimum Gasteiger partial charge on any atom is -0.871 e. The quantitative estimate of drug-likeness (QED) is 0.0596. The third-order valence-electron chi connectivity index (χ3n) is 9.04. The van der Waals surface area contributed by atoms with Crippen molar-refractivity contribution in [3.63, 3.8) is 0 Å². The summed E-state index contributed by atoms with van der Waals surface area (Å²) in [6.07, 6.45) is -44.4.